The Morgan fingerprint density at radius 3 is 2.45 bits per heavy atom. The number of hydrogen-bond donors (Lipinski definition) is 1. The zero-order valence-corrected chi connectivity index (χ0v) is 19.3. The van der Waals surface area contributed by atoms with Crippen LogP contribution in [0.3, 0.4) is 0 Å². The SMILES string of the molecule is Cc1c(NC(=O)CCc2ncc(-c3ccc(C(C)C)cc3)o2)c(=O)n(-c2ccccc2)n1C. The smallest absolute Gasteiger partial charge is 0.295 e. The van der Waals surface area contributed by atoms with Crippen LogP contribution in [0, 0.1) is 6.92 Å². The van der Waals surface area contributed by atoms with Gasteiger partial charge in [-0.3, -0.25) is 14.3 Å². The number of aryl methyl sites for hydroxylation is 1. The number of para-hydroxylation sites is 1. The van der Waals surface area contributed by atoms with E-state index in [2.05, 4.69) is 36.3 Å². The molecule has 7 heteroatoms. The molecule has 2 aromatic heterocycles. The van der Waals surface area contributed by atoms with Gasteiger partial charge in [0.1, 0.15) is 5.69 Å². The third kappa shape index (κ3) is 4.67. The summed E-state index contributed by atoms with van der Waals surface area (Å²) in [6.45, 7) is 6.11. The fraction of sp³-hybridized carbons (Fsp3) is 0.269. The summed E-state index contributed by atoms with van der Waals surface area (Å²) in [7, 11) is 1.79. The molecule has 0 aliphatic heterocycles. The number of nitrogens with one attached hydrogen (secondary N) is 1. The van der Waals surface area contributed by atoms with Crippen LogP contribution in [0.25, 0.3) is 17.0 Å². The second-order valence-electron chi connectivity index (χ2n) is 8.38. The standard InChI is InChI=1S/C26H28N4O3/c1-17(2)19-10-12-20(13-11-19)22-16-27-24(33-22)15-14-23(31)28-25-18(3)29(4)30(26(25)32)21-8-6-5-7-9-21/h5-13,16-17H,14-15H2,1-4H3,(H,28,31). The number of anilines is 1. The lowest BCUT2D eigenvalue weighted by atomic mass is 10.0. The first-order valence-electron chi connectivity index (χ1n) is 11.0. The molecule has 0 saturated carbocycles. The van der Waals surface area contributed by atoms with Crippen molar-refractivity contribution in [2.24, 2.45) is 7.05 Å². The van der Waals surface area contributed by atoms with Gasteiger partial charge in [-0.1, -0.05) is 56.3 Å². The van der Waals surface area contributed by atoms with Crippen molar-refractivity contribution in [1.29, 1.82) is 0 Å². The maximum absolute atomic E-state index is 12.9. The molecule has 170 valence electrons. The Hall–Kier alpha value is -3.87. The van der Waals surface area contributed by atoms with Crippen LogP contribution in [-0.4, -0.2) is 20.3 Å². The molecule has 7 nitrogen and oxygen atoms in total. The minimum Gasteiger partial charge on any atom is -0.441 e. The molecule has 0 bridgehead atoms. The van der Waals surface area contributed by atoms with Crippen molar-refractivity contribution in [3.63, 3.8) is 0 Å². The molecule has 2 aromatic carbocycles. The minimum absolute atomic E-state index is 0.158. The molecule has 0 saturated heterocycles. The molecule has 4 rings (SSSR count). The second-order valence-corrected chi connectivity index (χ2v) is 8.38. The van der Waals surface area contributed by atoms with Gasteiger partial charge < -0.3 is 9.73 Å². The summed E-state index contributed by atoms with van der Waals surface area (Å²) in [5, 5.41) is 2.77. The Labute approximate surface area is 192 Å². The number of oxazole rings is 1. The van der Waals surface area contributed by atoms with Gasteiger partial charge in [-0.15, -0.1) is 0 Å². The van der Waals surface area contributed by atoms with Crippen molar-refractivity contribution in [2.45, 2.75) is 39.5 Å². The zero-order valence-electron chi connectivity index (χ0n) is 19.3. The average molecular weight is 445 g/mol. The van der Waals surface area contributed by atoms with Crippen LogP contribution < -0.4 is 10.9 Å². The zero-order chi connectivity index (χ0) is 23.5. The van der Waals surface area contributed by atoms with Crippen molar-refractivity contribution < 1.29 is 9.21 Å². The van der Waals surface area contributed by atoms with Crippen molar-refractivity contribution in [1.82, 2.24) is 14.3 Å². The molecule has 1 N–H and O–H groups in total. The van der Waals surface area contributed by atoms with Crippen LogP contribution in [0.4, 0.5) is 5.69 Å². The van der Waals surface area contributed by atoms with E-state index in [1.54, 1.807) is 24.9 Å². The van der Waals surface area contributed by atoms with Crippen molar-refractivity contribution >= 4 is 11.6 Å². The normalized spacial score (nSPS) is 11.2. The molecule has 0 aliphatic rings. The number of rotatable bonds is 7. The van der Waals surface area contributed by atoms with Crippen LogP contribution in [0.2, 0.25) is 0 Å². The minimum atomic E-state index is -0.266. The maximum Gasteiger partial charge on any atom is 0.295 e. The van der Waals surface area contributed by atoms with E-state index in [1.807, 2.05) is 42.5 Å². The predicted octanol–water partition coefficient (Wildman–Crippen LogP) is 4.83. The van der Waals surface area contributed by atoms with Crippen LogP contribution in [0.15, 0.2) is 70.0 Å². The fourth-order valence-corrected chi connectivity index (χ4v) is 3.73. The predicted molar refractivity (Wildman–Crippen MR) is 129 cm³/mol. The Balaban J connectivity index is 1.42. The van der Waals surface area contributed by atoms with Gasteiger partial charge in [0.2, 0.25) is 5.91 Å². The highest BCUT2D eigenvalue weighted by Gasteiger charge is 2.18. The molecular weight excluding hydrogens is 416 g/mol. The summed E-state index contributed by atoms with van der Waals surface area (Å²) >= 11 is 0. The van der Waals surface area contributed by atoms with E-state index in [1.165, 1.54) is 10.2 Å². The first-order valence-corrected chi connectivity index (χ1v) is 11.0. The van der Waals surface area contributed by atoms with Gasteiger partial charge in [-0.05, 0) is 30.5 Å². The first kappa shape index (κ1) is 22.3. The van der Waals surface area contributed by atoms with E-state index < -0.39 is 0 Å². The van der Waals surface area contributed by atoms with Crippen LogP contribution in [0.1, 0.15) is 43.3 Å². The summed E-state index contributed by atoms with van der Waals surface area (Å²) < 4.78 is 9.11. The molecule has 0 spiro atoms. The highest BCUT2D eigenvalue weighted by molar-refractivity contribution is 5.91. The third-order valence-corrected chi connectivity index (χ3v) is 5.80. The van der Waals surface area contributed by atoms with Gasteiger partial charge in [-0.25, -0.2) is 9.67 Å². The largest absolute Gasteiger partial charge is 0.441 e. The number of carbonyl (C=O) groups is 1. The summed E-state index contributed by atoms with van der Waals surface area (Å²) in [6.07, 6.45) is 2.18. The van der Waals surface area contributed by atoms with E-state index in [9.17, 15) is 9.59 Å². The van der Waals surface area contributed by atoms with E-state index in [-0.39, 0.29) is 23.6 Å². The molecule has 0 atom stereocenters. The topological polar surface area (TPSA) is 82.1 Å². The van der Waals surface area contributed by atoms with E-state index in [4.69, 9.17) is 4.42 Å². The average Bonchev–Trinajstić information content (AvgIpc) is 3.37. The van der Waals surface area contributed by atoms with Crippen molar-refractivity contribution in [3.05, 3.63) is 88.3 Å². The van der Waals surface area contributed by atoms with Gasteiger partial charge in [0.05, 0.1) is 17.6 Å². The molecule has 0 unspecified atom stereocenters. The first-order chi connectivity index (χ1) is 15.8. The lowest BCUT2D eigenvalue weighted by Crippen LogP contribution is -2.23. The summed E-state index contributed by atoms with van der Waals surface area (Å²) in [5.74, 6) is 1.36. The Bertz CT molecular complexity index is 1310. The summed E-state index contributed by atoms with van der Waals surface area (Å²) in [6, 6.07) is 17.5. The summed E-state index contributed by atoms with van der Waals surface area (Å²) in [4.78, 5) is 29.8. The molecule has 0 fully saturated rings. The molecule has 2 heterocycles. The fourth-order valence-electron chi connectivity index (χ4n) is 3.73. The monoisotopic (exact) mass is 444 g/mol. The number of benzene rings is 2. The van der Waals surface area contributed by atoms with E-state index in [0.717, 1.165) is 11.3 Å². The van der Waals surface area contributed by atoms with Crippen LogP contribution in [0.5, 0.6) is 0 Å². The van der Waals surface area contributed by atoms with Crippen LogP contribution in [-0.2, 0) is 18.3 Å². The van der Waals surface area contributed by atoms with Gasteiger partial charge in [0, 0.05) is 25.5 Å². The molecular formula is C26H28N4O3. The van der Waals surface area contributed by atoms with Gasteiger partial charge >= 0.3 is 0 Å². The van der Waals surface area contributed by atoms with E-state index >= 15 is 0 Å². The van der Waals surface area contributed by atoms with Crippen molar-refractivity contribution in [3.8, 4) is 17.0 Å². The lowest BCUT2D eigenvalue weighted by molar-refractivity contribution is -0.116. The Kier molecular flexibility index (Phi) is 6.31. The van der Waals surface area contributed by atoms with Gasteiger partial charge in [-0.2, -0.15) is 0 Å². The number of nitrogens with zero attached hydrogens (tertiary/aromatic N) is 3. The molecule has 1 amide bonds. The maximum atomic E-state index is 12.9. The number of aromatic nitrogens is 3. The molecule has 0 aliphatic carbocycles. The molecule has 0 radical (unpaired) electrons. The Morgan fingerprint density at radius 1 is 1.09 bits per heavy atom. The highest BCUT2D eigenvalue weighted by Crippen LogP contribution is 2.24. The van der Waals surface area contributed by atoms with Crippen LogP contribution >= 0.6 is 0 Å². The van der Waals surface area contributed by atoms with E-state index in [0.29, 0.717) is 29.7 Å². The van der Waals surface area contributed by atoms with Gasteiger partial charge in [0.15, 0.2) is 11.7 Å². The number of carbonyl (C=O) groups excluding carboxylic acids is 1. The lowest BCUT2D eigenvalue weighted by Gasteiger charge is -2.07. The highest BCUT2D eigenvalue weighted by atomic mass is 16.4. The Morgan fingerprint density at radius 2 is 1.79 bits per heavy atom. The number of hydrogen-bond acceptors (Lipinski definition) is 4. The molecule has 4 aromatic rings. The number of amides is 1. The summed E-state index contributed by atoms with van der Waals surface area (Å²) in [5.41, 5.74) is 3.65. The second kappa shape index (κ2) is 9.32. The molecule has 33 heavy (non-hydrogen) atoms. The quantitative estimate of drug-likeness (QED) is 0.442. The third-order valence-electron chi connectivity index (χ3n) is 5.80. The van der Waals surface area contributed by atoms with Crippen molar-refractivity contribution in [2.75, 3.05) is 5.32 Å². The van der Waals surface area contributed by atoms with Gasteiger partial charge in [0.25, 0.3) is 5.56 Å².